The fourth-order valence-electron chi connectivity index (χ4n) is 3.91. The standard InChI is InChI=1S/C22H24BFN2O3/c1-2-19(15-3-7-17(23)8-4-15)26-14-13-22(29-21(26)28,12-11-20(25)27)16-5-9-18(24)10-6-16/h3-10,19H,2,11-14H2,1H3,(H2,25,27)/t19-,22+/m0/s1. The summed E-state index contributed by atoms with van der Waals surface area (Å²) in [5, 5.41) is 0. The molecule has 150 valence electrons. The molecular formula is C22H24BFN2O3. The maximum Gasteiger partial charge on any atom is 0.411 e. The van der Waals surface area contributed by atoms with Gasteiger partial charge in [0.15, 0.2) is 0 Å². The molecule has 3 rings (SSSR count). The first-order valence-electron chi connectivity index (χ1n) is 9.74. The van der Waals surface area contributed by atoms with Gasteiger partial charge >= 0.3 is 6.09 Å². The third-order valence-electron chi connectivity index (χ3n) is 5.50. The zero-order valence-electron chi connectivity index (χ0n) is 16.4. The van der Waals surface area contributed by atoms with Crippen LogP contribution >= 0.6 is 0 Å². The van der Waals surface area contributed by atoms with Crippen molar-refractivity contribution in [3.63, 3.8) is 0 Å². The van der Waals surface area contributed by atoms with Crippen LogP contribution in [0.15, 0.2) is 48.5 Å². The topological polar surface area (TPSA) is 72.6 Å². The molecule has 2 radical (unpaired) electrons. The number of nitrogens with two attached hydrogens (primary N) is 1. The van der Waals surface area contributed by atoms with E-state index in [1.54, 1.807) is 17.0 Å². The van der Waals surface area contributed by atoms with Gasteiger partial charge in [0.2, 0.25) is 5.91 Å². The molecular weight excluding hydrogens is 370 g/mol. The van der Waals surface area contributed by atoms with Crippen LogP contribution in [0.4, 0.5) is 9.18 Å². The molecule has 1 fully saturated rings. The number of carbonyl (C=O) groups is 2. The Morgan fingerprint density at radius 3 is 2.45 bits per heavy atom. The number of halogens is 1. The number of carbonyl (C=O) groups excluding carboxylic acids is 2. The third kappa shape index (κ3) is 4.61. The van der Waals surface area contributed by atoms with Crippen molar-refractivity contribution < 1.29 is 18.7 Å². The van der Waals surface area contributed by atoms with Crippen LogP contribution in [0.2, 0.25) is 0 Å². The molecule has 2 N–H and O–H groups in total. The molecule has 5 nitrogen and oxygen atoms in total. The molecule has 2 amide bonds. The highest BCUT2D eigenvalue weighted by Gasteiger charge is 2.44. The second-order valence-corrected chi connectivity index (χ2v) is 7.37. The number of hydrogen-bond acceptors (Lipinski definition) is 3. The van der Waals surface area contributed by atoms with Crippen LogP contribution in [0.5, 0.6) is 0 Å². The van der Waals surface area contributed by atoms with Gasteiger partial charge in [0.25, 0.3) is 0 Å². The highest BCUT2D eigenvalue weighted by atomic mass is 19.1. The molecule has 1 aliphatic rings. The van der Waals surface area contributed by atoms with Gasteiger partial charge < -0.3 is 15.4 Å². The highest BCUT2D eigenvalue weighted by Crippen LogP contribution is 2.41. The van der Waals surface area contributed by atoms with E-state index in [-0.39, 0.29) is 24.7 Å². The van der Waals surface area contributed by atoms with Crippen molar-refractivity contribution in [1.29, 1.82) is 0 Å². The normalized spacial score (nSPS) is 20.2. The minimum absolute atomic E-state index is 0.0693. The van der Waals surface area contributed by atoms with Gasteiger partial charge in [-0.2, -0.15) is 0 Å². The number of hydrogen-bond donors (Lipinski definition) is 1. The van der Waals surface area contributed by atoms with E-state index in [0.717, 1.165) is 5.56 Å². The minimum atomic E-state index is -1.00. The number of cyclic esters (lactones) is 1. The Labute approximate surface area is 171 Å². The maximum absolute atomic E-state index is 13.4. The second kappa shape index (κ2) is 8.68. The van der Waals surface area contributed by atoms with Crippen molar-refractivity contribution in [2.24, 2.45) is 5.73 Å². The van der Waals surface area contributed by atoms with Crippen molar-refractivity contribution in [2.45, 2.75) is 44.2 Å². The predicted octanol–water partition coefficient (Wildman–Crippen LogP) is 3.07. The van der Waals surface area contributed by atoms with E-state index in [0.29, 0.717) is 30.4 Å². The average Bonchev–Trinajstić information content (AvgIpc) is 2.70. The first-order valence-corrected chi connectivity index (χ1v) is 9.74. The molecule has 1 aliphatic heterocycles. The van der Waals surface area contributed by atoms with Crippen molar-refractivity contribution in [2.75, 3.05) is 6.54 Å². The van der Waals surface area contributed by atoms with E-state index >= 15 is 0 Å². The molecule has 0 saturated carbocycles. The van der Waals surface area contributed by atoms with Crippen molar-refractivity contribution in [1.82, 2.24) is 4.90 Å². The second-order valence-electron chi connectivity index (χ2n) is 7.37. The van der Waals surface area contributed by atoms with Crippen LogP contribution in [0.25, 0.3) is 0 Å². The van der Waals surface area contributed by atoms with E-state index in [9.17, 15) is 14.0 Å². The number of nitrogens with zero attached hydrogens (tertiary/aromatic N) is 1. The molecule has 7 heteroatoms. The van der Waals surface area contributed by atoms with Gasteiger partial charge in [-0.05, 0) is 29.7 Å². The Bertz CT molecular complexity index is 873. The van der Waals surface area contributed by atoms with Crippen LogP contribution in [-0.2, 0) is 15.1 Å². The number of amides is 2. The molecule has 0 bridgehead atoms. The molecule has 1 heterocycles. The Morgan fingerprint density at radius 1 is 1.24 bits per heavy atom. The monoisotopic (exact) mass is 394 g/mol. The van der Waals surface area contributed by atoms with Crippen LogP contribution < -0.4 is 11.2 Å². The van der Waals surface area contributed by atoms with Gasteiger partial charge in [0.1, 0.15) is 19.3 Å². The lowest BCUT2D eigenvalue weighted by atomic mass is 9.84. The van der Waals surface area contributed by atoms with Gasteiger partial charge in [-0.15, -0.1) is 0 Å². The SMILES string of the molecule is [B]c1ccc([C@H](CC)N2CC[C@](CCC(N)=O)(c3ccc(F)cc3)OC2=O)cc1. The van der Waals surface area contributed by atoms with Crippen molar-refractivity contribution in [3.05, 3.63) is 65.5 Å². The Hall–Kier alpha value is -2.83. The molecule has 0 unspecified atom stereocenters. The summed E-state index contributed by atoms with van der Waals surface area (Å²) in [5.41, 5.74) is 6.62. The zero-order valence-corrected chi connectivity index (χ0v) is 16.4. The molecule has 0 spiro atoms. The van der Waals surface area contributed by atoms with Crippen molar-refractivity contribution in [3.8, 4) is 0 Å². The van der Waals surface area contributed by atoms with Gasteiger partial charge in [0, 0.05) is 25.8 Å². The summed E-state index contributed by atoms with van der Waals surface area (Å²) >= 11 is 0. The lowest BCUT2D eigenvalue weighted by Gasteiger charge is -2.44. The Morgan fingerprint density at radius 2 is 1.90 bits per heavy atom. The number of benzene rings is 2. The summed E-state index contributed by atoms with van der Waals surface area (Å²) in [6.45, 7) is 2.45. The molecule has 1 saturated heterocycles. The number of rotatable bonds is 7. The average molecular weight is 394 g/mol. The summed E-state index contributed by atoms with van der Waals surface area (Å²) in [4.78, 5) is 26.1. The van der Waals surface area contributed by atoms with Gasteiger partial charge in [-0.1, -0.05) is 48.8 Å². The number of ether oxygens (including phenoxy) is 1. The van der Waals surface area contributed by atoms with Crippen LogP contribution in [0.1, 0.15) is 49.8 Å². The van der Waals surface area contributed by atoms with Crippen LogP contribution in [-0.4, -0.2) is 31.3 Å². The van der Waals surface area contributed by atoms with Gasteiger partial charge in [0.05, 0.1) is 6.04 Å². The lowest BCUT2D eigenvalue weighted by Crippen LogP contribution is -2.49. The van der Waals surface area contributed by atoms with Crippen molar-refractivity contribution >= 4 is 25.3 Å². The molecule has 2 aromatic carbocycles. The number of primary amides is 1. The molecule has 2 atom stereocenters. The van der Waals surface area contributed by atoms with E-state index in [1.165, 1.54) is 12.1 Å². The fraction of sp³-hybridized carbons (Fsp3) is 0.364. The highest BCUT2D eigenvalue weighted by molar-refractivity contribution is 6.32. The maximum atomic E-state index is 13.4. The summed E-state index contributed by atoms with van der Waals surface area (Å²) in [6, 6.07) is 13.1. The summed E-state index contributed by atoms with van der Waals surface area (Å²) in [6.07, 6.45) is 1.05. The van der Waals surface area contributed by atoms with Crippen LogP contribution in [0.3, 0.4) is 0 Å². The first-order chi connectivity index (χ1) is 13.8. The largest absolute Gasteiger partial charge is 0.438 e. The van der Waals surface area contributed by atoms with E-state index in [2.05, 4.69) is 0 Å². The fourth-order valence-corrected chi connectivity index (χ4v) is 3.91. The summed E-state index contributed by atoms with van der Waals surface area (Å²) in [7, 11) is 5.77. The van der Waals surface area contributed by atoms with E-state index in [1.807, 2.05) is 31.2 Å². The summed E-state index contributed by atoms with van der Waals surface area (Å²) < 4.78 is 19.3. The van der Waals surface area contributed by atoms with E-state index < -0.39 is 17.6 Å². The van der Waals surface area contributed by atoms with Gasteiger partial charge in [-0.25, -0.2) is 9.18 Å². The third-order valence-corrected chi connectivity index (χ3v) is 5.50. The summed E-state index contributed by atoms with van der Waals surface area (Å²) in [5.74, 6) is -0.852. The van der Waals surface area contributed by atoms with Crippen LogP contribution in [0, 0.1) is 5.82 Å². The Kier molecular flexibility index (Phi) is 6.25. The molecule has 29 heavy (non-hydrogen) atoms. The first kappa shape index (κ1) is 20.9. The quantitative estimate of drug-likeness (QED) is 0.734. The lowest BCUT2D eigenvalue weighted by molar-refractivity contribution is -0.121. The molecule has 2 aromatic rings. The smallest absolute Gasteiger partial charge is 0.411 e. The zero-order chi connectivity index (χ0) is 21.0. The Balaban J connectivity index is 1.86. The predicted molar refractivity (Wildman–Crippen MR) is 109 cm³/mol. The molecule has 0 aromatic heterocycles. The van der Waals surface area contributed by atoms with Gasteiger partial charge in [-0.3, -0.25) is 4.79 Å². The molecule has 0 aliphatic carbocycles. The van der Waals surface area contributed by atoms with E-state index in [4.69, 9.17) is 18.3 Å². The minimum Gasteiger partial charge on any atom is -0.438 e.